The number of hydrogen-bond acceptors (Lipinski definition) is 0. The van der Waals surface area contributed by atoms with Crippen LogP contribution >= 0.6 is 7.92 Å². The minimum absolute atomic E-state index is 0. The Morgan fingerprint density at radius 1 is 1.00 bits per heavy atom. The summed E-state index contributed by atoms with van der Waals surface area (Å²) in [6.07, 6.45) is 19.5. The summed E-state index contributed by atoms with van der Waals surface area (Å²) in [6, 6.07) is 13.5. The Kier molecular flexibility index (Phi) is 14.9. The topological polar surface area (TPSA) is 0 Å². The molecule has 0 aromatic heterocycles. The average Bonchev–Trinajstić information content (AvgIpc) is 3.28. The number of halogens is 2. The van der Waals surface area contributed by atoms with E-state index < -0.39 is 0 Å². The number of rotatable bonds is 5. The third-order valence-corrected chi connectivity index (χ3v) is 8.15. The summed E-state index contributed by atoms with van der Waals surface area (Å²) >= 11 is 0. The van der Waals surface area contributed by atoms with E-state index in [-0.39, 0.29) is 54.5 Å². The fourth-order valence-corrected chi connectivity index (χ4v) is 6.38. The van der Waals surface area contributed by atoms with E-state index >= 15 is 0 Å². The number of fused-ring (bicyclic) bond motifs is 2. The molecule has 0 nitrogen and oxygen atoms in total. The summed E-state index contributed by atoms with van der Waals surface area (Å²) in [5, 5.41) is 4.44. The first-order chi connectivity index (χ1) is 12.3. The molecule has 2 aliphatic carbocycles. The maximum atomic E-state index is 2.42. The molecule has 0 N–H and O–H groups in total. The van der Waals surface area contributed by atoms with Crippen LogP contribution in [0.3, 0.4) is 0 Å². The summed E-state index contributed by atoms with van der Waals surface area (Å²) in [4.78, 5) is 0. The van der Waals surface area contributed by atoms with E-state index in [0.717, 1.165) is 11.8 Å². The Balaban J connectivity index is 0.000000525. The number of hydrogen-bond donors (Lipinski definition) is 0. The van der Waals surface area contributed by atoms with Crippen LogP contribution in [-0.4, -0.2) is 12.3 Å². The summed E-state index contributed by atoms with van der Waals surface area (Å²) in [5.41, 5.74) is 0. The molecule has 4 rings (SSSR count). The molecular formula is C24H31Cl2PTi. The molecule has 0 bridgehead atoms. The van der Waals surface area contributed by atoms with Gasteiger partial charge in [0.15, 0.2) is 0 Å². The van der Waals surface area contributed by atoms with Crippen molar-refractivity contribution in [2.24, 2.45) is 11.8 Å². The average molecular weight is 469 g/mol. The van der Waals surface area contributed by atoms with Gasteiger partial charge in [0.1, 0.15) is 0 Å². The smallest absolute Gasteiger partial charge is 1.00 e. The van der Waals surface area contributed by atoms with Gasteiger partial charge in [-0.2, -0.15) is 12.5 Å². The standard InChI is InChI=1S/C15H20P.C9H11.2ClH.Ti/c1-3-9-16(10-4-2)15-11-13-7-5-6-8-14(13)12-15;1-2-5-9-7-3-6-8(9)4-1;;;/h5-8,11-12H,3-4,9-10H2,1-2H3;1-2,4-6,8-9H,3,7H2;2*1H;/q2*-1;;;+4/p-2. The molecule has 2 atom stereocenters. The van der Waals surface area contributed by atoms with E-state index in [4.69, 9.17) is 0 Å². The predicted octanol–water partition coefficient (Wildman–Crippen LogP) is 0.834. The molecule has 2 aromatic carbocycles. The van der Waals surface area contributed by atoms with Gasteiger partial charge in [-0.25, -0.2) is 0 Å². The van der Waals surface area contributed by atoms with Crippen molar-refractivity contribution in [3.05, 3.63) is 67.1 Å². The second-order valence-corrected chi connectivity index (χ2v) is 9.64. The van der Waals surface area contributed by atoms with E-state index in [1.807, 2.05) is 0 Å². The molecule has 1 fully saturated rings. The first-order valence-corrected chi connectivity index (χ1v) is 11.6. The zero-order chi connectivity index (χ0) is 17.5. The van der Waals surface area contributed by atoms with Crippen LogP contribution in [0.4, 0.5) is 0 Å². The minimum atomic E-state index is 0. The third-order valence-electron chi connectivity index (χ3n) is 5.19. The van der Waals surface area contributed by atoms with Crippen molar-refractivity contribution in [3.63, 3.8) is 0 Å². The number of benzene rings is 1. The first-order valence-electron chi connectivity index (χ1n) is 9.90. The predicted molar refractivity (Wildman–Crippen MR) is 115 cm³/mol. The molecule has 2 unspecified atom stereocenters. The fraction of sp³-hybridized carbons (Fsp3) is 0.417. The summed E-state index contributed by atoms with van der Waals surface area (Å²) in [5.74, 6) is 1.62. The molecule has 0 radical (unpaired) electrons. The van der Waals surface area contributed by atoms with Gasteiger partial charge in [0, 0.05) is 0 Å². The second kappa shape index (κ2) is 14.9. The van der Waals surface area contributed by atoms with Gasteiger partial charge in [-0.3, -0.25) is 0 Å². The van der Waals surface area contributed by atoms with Gasteiger partial charge in [-0.1, -0.05) is 65.3 Å². The Bertz CT molecular complexity index is 665. The van der Waals surface area contributed by atoms with E-state index in [0.29, 0.717) is 0 Å². The van der Waals surface area contributed by atoms with E-state index in [2.05, 4.69) is 81.0 Å². The van der Waals surface area contributed by atoms with Gasteiger partial charge in [0.25, 0.3) is 0 Å². The van der Waals surface area contributed by atoms with Crippen LogP contribution < -0.4 is 30.1 Å². The van der Waals surface area contributed by atoms with Gasteiger partial charge >= 0.3 is 21.7 Å². The SMILES string of the molecule is C1=CC2[CH-]CCC2C=C1.CCCP(CCC)c1cc2ccccc2[cH-]1.[Cl-].[Cl-].[Ti+4]. The molecule has 2 aromatic rings. The molecule has 0 spiro atoms. The zero-order valence-corrected chi connectivity index (χ0v) is 20.9. The van der Waals surface area contributed by atoms with Gasteiger partial charge in [0.2, 0.25) is 0 Å². The van der Waals surface area contributed by atoms with Crippen LogP contribution in [0.25, 0.3) is 10.8 Å². The molecule has 28 heavy (non-hydrogen) atoms. The Morgan fingerprint density at radius 2 is 1.68 bits per heavy atom. The first kappa shape index (κ1) is 28.0. The molecule has 0 aliphatic heterocycles. The maximum absolute atomic E-state index is 2.42. The molecule has 4 heteroatoms. The fourth-order valence-electron chi connectivity index (χ4n) is 3.92. The Morgan fingerprint density at radius 3 is 2.32 bits per heavy atom. The maximum Gasteiger partial charge on any atom is 4.00 e. The second-order valence-electron chi connectivity index (χ2n) is 7.15. The van der Waals surface area contributed by atoms with Crippen LogP contribution in [-0.2, 0) is 21.7 Å². The quantitative estimate of drug-likeness (QED) is 0.346. The summed E-state index contributed by atoms with van der Waals surface area (Å²) < 4.78 is 0. The molecule has 0 amide bonds. The van der Waals surface area contributed by atoms with Crippen LogP contribution in [0.5, 0.6) is 0 Å². The third kappa shape index (κ3) is 7.70. The van der Waals surface area contributed by atoms with Crippen molar-refractivity contribution in [1.82, 2.24) is 0 Å². The largest absolute Gasteiger partial charge is 4.00 e. The van der Waals surface area contributed by atoms with Crippen LogP contribution in [0.15, 0.2) is 60.7 Å². The Hall–Kier alpha value is 0.0343. The van der Waals surface area contributed by atoms with E-state index in [1.165, 1.54) is 48.8 Å². The van der Waals surface area contributed by atoms with Crippen molar-refractivity contribution in [2.45, 2.75) is 39.5 Å². The van der Waals surface area contributed by atoms with Gasteiger partial charge in [-0.15, -0.1) is 52.3 Å². The van der Waals surface area contributed by atoms with Gasteiger partial charge in [-0.05, 0) is 18.2 Å². The zero-order valence-electron chi connectivity index (χ0n) is 17.0. The Labute approximate surface area is 200 Å². The van der Waals surface area contributed by atoms with Crippen molar-refractivity contribution in [1.29, 1.82) is 0 Å². The molecular weight excluding hydrogens is 438 g/mol. The molecule has 1 saturated carbocycles. The molecule has 2 aliphatic rings. The van der Waals surface area contributed by atoms with Crippen molar-refractivity contribution >= 4 is 24.0 Å². The monoisotopic (exact) mass is 468 g/mol. The van der Waals surface area contributed by atoms with Crippen molar-refractivity contribution in [3.8, 4) is 0 Å². The molecule has 0 heterocycles. The summed E-state index contributed by atoms with van der Waals surface area (Å²) in [7, 11) is 0.0972. The van der Waals surface area contributed by atoms with Crippen molar-refractivity contribution in [2.75, 3.05) is 12.3 Å². The van der Waals surface area contributed by atoms with Gasteiger partial charge in [0.05, 0.1) is 0 Å². The van der Waals surface area contributed by atoms with Gasteiger partial charge < -0.3 is 31.2 Å². The molecule has 150 valence electrons. The normalized spacial score (nSPS) is 19.1. The van der Waals surface area contributed by atoms with Crippen LogP contribution in [0, 0.1) is 18.3 Å². The van der Waals surface area contributed by atoms with Crippen molar-refractivity contribution < 1.29 is 46.5 Å². The van der Waals surface area contributed by atoms with Crippen LogP contribution in [0.2, 0.25) is 0 Å². The van der Waals surface area contributed by atoms with E-state index in [1.54, 1.807) is 5.30 Å². The number of allylic oxidation sites excluding steroid dienone is 4. The van der Waals surface area contributed by atoms with Crippen LogP contribution in [0.1, 0.15) is 39.5 Å². The molecule has 0 saturated heterocycles. The van der Waals surface area contributed by atoms with E-state index in [9.17, 15) is 0 Å². The minimum Gasteiger partial charge on any atom is -1.00 e. The summed E-state index contributed by atoms with van der Waals surface area (Å²) in [6.45, 7) is 4.60.